The molecule has 0 N–H and O–H groups in total. The first-order valence-electron chi connectivity index (χ1n) is 10.6. The number of halogens is 2. The number of hydrogen-bond acceptors (Lipinski definition) is 5. The van der Waals surface area contributed by atoms with Gasteiger partial charge in [-0.25, -0.2) is 8.42 Å². The lowest BCUT2D eigenvalue weighted by Crippen LogP contribution is -2.50. The van der Waals surface area contributed by atoms with Crippen LogP contribution in [0.4, 0.5) is 0 Å². The maximum Gasteiger partial charge on any atom is 0.264 e. The quantitative estimate of drug-likeness (QED) is 0.516. The van der Waals surface area contributed by atoms with Gasteiger partial charge in [0.2, 0.25) is 10.0 Å². The molecule has 1 fully saturated rings. The fourth-order valence-electron chi connectivity index (χ4n) is 4.34. The molecule has 1 aromatic heterocycles. The number of hydrogen-bond donors (Lipinski definition) is 0. The number of amides is 1. The summed E-state index contributed by atoms with van der Waals surface area (Å²) < 4.78 is 27.9. The summed E-state index contributed by atoms with van der Waals surface area (Å²) in [6.45, 7) is 3.27. The summed E-state index contributed by atoms with van der Waals surface area (Å²) in [6.07, 6.45) is 0.972. The third kappa shape index (κ3) is 4.78. The van der Waals surface area contributed by atoms with E-state index in [4.69, 9.17) is 11.6 Å². The van der Waals surface area contributed by atoms with Crippen molar-refractivity contribution < 1.29 is 13.2 Å². The molecule has 0 saturated carbocycles. The minimum atomic E-state index is -3.63. The Bertz CT molecular complexity index is 1300. The lowest BCUT2D eigenvalue weighted by Gasteiger charge is -2.33. The zero-order chi connectivity index (χ0) is 22.5. The molecular formula is C23H25Cl2N3O3S2. The van der Waals surface area contributed by atoms with E-state index < -0.39 is 10.0 Å². The number of thiophene rings is 1. The van der Waals surface area contributed by atoms with Crippen molar-refractivity contribution >= 4 is 62.0 Å². The standard InChI is InChI=1S/C23H24ClN3O3S2.ClH/c1-25-7-6-18-14-21(31-22(18)15-25)23(28)26-8-10-27(11-9-26)32(29,30)20-5-3-16-12-19(24)4-2-17(16)13-20;/h2-5,12-14H,6-11,15H2,1H3;1H. The lowest BCUT2D eigenvalue weighted by molar-refractivity contribution is 0.0702. The largest absolute Gasteiger partial charge is 0.335 e. The van der Waals surface area contributed by atoms with E-state index in [1.165, 1.54) is 14.7 Å². The second kappa shape index (κ2) is 9.52. The summed E-state index contributed by atoms with van der Waals surface area (Å²) in [6, 6.07) is 12.5. The van der Waals surface area contributed by atoms with Gasteiger partial charge in [-0.05, 0) is 60.1 Å². The van der Waals surface area contributed by atoms with Gasteiger partial charge in [-0.3, -0.25) is 4.79 Å². The molecule has 3 aromatic rings. The summed E-state index contributed by atoms with van der Waals surface area (Å²) in [5, 5.41) is 2.35. The molecule has 10 heteroatoms. The lowest BCUT2D eigenvalue weighted by atomic mass is 10.1. The number of carbonyl (C=O) groups excluding carboxylic acids is 1. The smallest absolute Gasteiger partial charge is 0.264 e. The molecule has 0 bridgehead atoms. The van der Waals surface area contributed by atoms with E-state index in [0.29, 0.717) is 31.2 Å². The van der Waals surface area contributed by atoms with Gasteiger partial charge in [0.1, 0.15) is 0 Å². The van der Waals surface area contributed by atoms with Gasteiger partial charge < -0.3 is 9.80 Å². The van der Waals surface area contributed by atoms with E-state index in [1.54, 1.807) is 40.5 Å². The first-order chi connectivity index (χ1) is 15.3. The van der Waals surface area contributed by atoms with Crippen molar-refractivity contribution in [1.82, 2.24) is 14.1 Å². The maximum absolute atomic E-state index is 13.2. The predicted molar refractivity (Wildman–Crippen MR) is 135 cm³/mol. The molecule has 2 aliphatic heterocycles. The zero-order valence-electron chi connectivity index (χ0n) is 18.2. The van der Waals surface area contributed by atoms with Crippen molar-refractivity contribution in [2.75, 3.05) is 39.8 Å². The minimum absolute atomic E-state index is 0. The summed E-state index contributed by atoms with van der Waals surface area (Å²) in [4.78, 5) is 19.4. The third-order valence-corrected chi connectivity index (χ3v) is 9.50. The molecule has 3 heterocycles. The first-order valence-corrected chi connectivity index (χ1v) is 13.2. The van der Waals surface area contributed by atoms with Crippen LogP contribution >= 0.6 is 35.3 Å². The number of nitrogens with zero attached hydrogens (tertiary/aromatic N) is 3. The number of piperazine rings is 1. The SMILES string of the molecule is CN1CCc2cc(C(=O)N3CCN(S(=O)(=O)c4ccc5cc(Cl)ccc5c4)CC3)sc2C1.Cl. The second-order valence-electron chi connectivity index (χ2n) is 8.40. The Balaban J connectivity index is 0.00000259. The molecule has 6 nitrogen and oxygen atoms in total. The molecule has 2 aliphatic rings. The van der Waals surface area contributed by atoms with E-state index in [-0.39, 0.29) is 23.2 Å². The Morgan fingerprint density at radius 1 is 0.970 bits per heavy atom. The molecule has 0 spiro atoms. The predicted octanol–water partition coefficient (Wildman–Crippen LogP) is 4.11. The van der Waals surface area contributed by atoms with Gasteiger partial charge in [-0.15, -0.1) is 23.7 Å². The molecular weight excluding hydrogens is 501 g/mol. The van der Waals surface area contributed by atoms with Crippen LogP contribution in [0.3, 0.4) is 0 Å². The summed E-state index contributed by atoms with van der Waals surface area (Å²) in [5.41, 5.74) is 1.27. The van der Waals surface area contributed by atoms with Crippen LogP contribution in [0.1, 0.15) is 20.1 Å². The number of rotatable bonds is 3. The number of carbonyl (C=O) groups is 1. The molecule has 33 heavy (non-hydrogen) atoms. The summed E-state index contributed by atoms with van der Waals surface area (Å²) in [5.74, 6) is 0.00619. The van der Waals surface area contributed by atoms with Crippen molar-refractivity contribution in [3.63, 3.8) is 0 Å². The van der Waals surface area contributed by atoms with E-state index in [0.717, 1.165) is 35.2 Å². The fourth-order valence-corrected chi connectivity index (χ4v) is 7.24. The third-order valence-electron chi connectivity index (χ3n) is 6.22. The molecule has 176 valence electrons. The van der Waals surface area contributed by atoms with E-state index in [2.05, 4.69) is 11.9 Å². The number of likely N-dealkylation sites (N-methyl/N-ethyl adjacent to an activating group) is 1. The average molecular weight is 527 g/mol. The maximum atomic E-state index is 13.2. The number of fused-ring (bicyclic) bond motifs is 2. The van der Waals surface area contributed by atoms with E-state index in [9.17, 15) is 13.2 Å². The summed E-state index contributed by atoms with van der Waals surface area (Å²) >= 11 is 7.60. The Hall–Kier alpha value is -1.68. The molecule has 1 amide bonds. The van der Waals surface area contributed by atoms with Gasteiger partial charge in [0.05, 0.1) is 9.77 Å². The van der Waals surface area contributed by atoms with Crippen LogP contribution < -0.4 is 0 Å². The zero-order valence-corrected chi connectivity index (χ0v) is 21.4. The number of benzene rings is 2. The Morgan fingerprint density at radius 3 is 2.42 bits per heavy atom. The van der Waals surface area contributed by atoms with Gasteiger partial charge >= 0.3 is 0 Å². The van der Waals surface area contributed by atoms with Crippen LogP contribution in [-0.2, 0) is 23.0 Å². The van der Waals surface area contributed by atoms with Gasteiger partial charge in [0.25, 0.3) is 5.91 Å². The molecule has 1 saturated heterocycles. The molecule has 0 aliphatic carbocycles. The highest BCUT2D eigenvalue weighted by atomic mass is 35.5. The minimum Gasteiger partial charge on any atom is -0.335 e. The Labute approximate surface area is 209 Å². The van der Waals surface area contributed by atoms with Crippen molar-refractivity contribution in [3.8, 4) is 0 Å². The van der Waals surface area contributed by atoms with Gasteiger partial charge in [-0.2, -0.15) is 4.31 Å². The monoisotopic (exact) mass is 525 g/mol. The Morgan fingerprint density at radius 2 is 1.67 bits per heavy atom. The van der Waals surface area contributed by atoms with Crippen LogP contribution in [0.15, 0.2) is 47.4 Å². The van der Waals surface area contributed by atoms with Crippen molar-refractivity contribution in [2.24, 2.45) is 0 Å². The molecule has 0 unspecified atom stereocenters. The molecule has 2 aromatic carbocycles. The fraction of sp³-hybridized carbons (Fsp3) is 0.348. The van der Waals surface area contributed by atoms with E-state index >= 15 is 0 Å². The average Bonchev–Trinajstić information content (AvgIpc) is 3.21. The van der Waals surface area contributed by atoms with Crippen LogP contribution in [0.25, 0.3) is 10.8 Å². The topological polar surface area (TPSA) is 60.9 Å². The Kier molecular flexibility index (Phi) is 7.05. The molecule has 0 atom stereocenters. The highest BCUT2D eigenvalue weighted by Crippen LogP contribution is 2.29. The van der Waals surface area contributed by atoms with Crippen LogP contribution in [0.2, 0.25) is 5.02 Å². The first kappa shape index (κ1) is 24.4. The van der Waals surface area contributed by atoms with Crippen LogP contribution in [0.5, 0.6) is 0 Å². The highest BCUT2D eigenvalue weighted by molar-refractivity contribution is 7.89. The molecule has 5 rings (SSSR count). The normalized spacial score (nSPS) is 17.6. The number of sulfonamides is 1. The molecule has 0 radical (unpaired) electrons. The highest BCUT2D eigenvalue weighted by Gasteiger charge is 2.31. The van der Waals surface area contributed by atoms with E-state index in [1.807, 2.05) is 18.2 Å². The van der Waals surface area contributed by atoms with Gasteiger partial charge in [0.15, 0.2) is 0 Å². The second-order valence-corrected chi connectivity index (χ2v) is 11.9. The van der Waals surface area contributed by atoms with Crippen molar-refractivity contribution in [1.29, 1.82) is 0 Å². The van der Waals surface area contributed by atoms with Crippen molar-refractivity contribution in [3.05, 3.63) is 62.8 Å². The van der Waals surface area contributed by atoms with Crippen LogP contribution in [0, 0.1) is 0 Å². The van der Waals surface area contributed by atoms with Gasteiger partial charge in [-0.1, -0.05) is 23.7 Å². The van der Waals surface area contributed by atoms with Crippen molar-refractivity contribution in [2.45, 2.75) is 17.9 Å². The summed E-state index contributed by atoms with van der Waals surface area (Å²) in [7, 11) is -1.53. The van der Waals surface area contributed by atoms with Gasteiger partial charge in [0, 0.05) is 49.2 Å². The van der Waals surface area contributed by atoms with Crippen LogP contribution in [-0.4, -0.2) is 68.2 Å².